The van der Waals surface area contributed by atoms with Gasteiger partial charge in [0.15, 0.2) is 0 Å². The van der Waals surface area contributed by atoms with Crippen molar-refractivity contribution >= 4 is 46.6 Å². The summed E-state index contributed by atoms with van der Waals surface area (Å²) in [5.41, 5.74) is 3.92. The summed E-state index contributed by atoms with van der Waals surface area (Å²) in [5, 5.41) is 4.88. The third-order valence-corrected chi connectivity index (χ3v) is 4.44. The van der Waals surface area contributed by atoms with Gasteiger partial charge in [0, 0.05) is 23.2 Å². The maximum atomic E-state index is 12.3. The minimum Gasteiger partial charge on any atom is -0.462 e. The molecule has 0 fully saturated rings. The number of carbonyl (C=O) groups excluding carboxylic acids is 1. The Hall–Kier alpha value is -2.30. The zero-order valence-electron chi connectivity index (χ0n) is 14.6. The van der Waals surface area contributed by atoms with Gasteiger partial charge in [0.1, 0.15) is 5.56 Å². The first-order valence-electron chi connectivity index (χ1n) is 8.14. The Morgan fingerprint density at radius 3 is 2.62 bits per heavy atom. The van der Waals surface area contributed by atoms with Crippen LogP contribution in [0.2, 0.25) is 5.02 Å². The number of aryl methyl sites for hydroxylation is 1. The summed E-state index contributed by atoms with van der Waals surface area (Å²) in [6.07, 6.45) is 1.55. The number of rotatable bonds is 5. The van der Waals surface area contributed by atoms with Gasteiger partial charge >= 0.3 is 5.97 Å². The van der Waals surface area contributed by atoms with Gasteiger partial charge in [-0.25, -0.2) is 4.79 Å². The van der Waals surface area contributed by atoms with Crippen molar-refractivity contribution in [3.63, 3.8) is 0 Å². The molecule has 26 heavy (non-hydrogen) atoms. The van der Waals surface area contributed by atoms with Crippen LogP contribution in [0.25, 0.3) is 10.9 Å². The molecule has 6 heteroatoms. The summed E-state index contributed by atoms with van der Waals surface area (Å²) in [7, 11) is 0. The number of esters is 1. The molecule has 2 aromatic carbocycles. The molecule has 0 bridgehead atoms. The summed E-state index contributed by atoms with van der Waals surface area (Å²) in [6, 6.07) is 13.7. The lowest BCUT2D eigenvalue weighted by Gasteiger charge is -2.15. The Balaban J connectivity index is 0.00000243. The van der Waals surface area contributed by atoms with Gasteiger partial charge in [0.05, 0.1) is 17.8 Å². The normalized spacial score (nSPS) is 10.3. The Kier molecular flexibility index (Phi) is 6.83. The van der Waals surface area contributed by atoms with Crippen molar-refractivity contribution in [1.82, 2.24) is 4.98 Å². The number of ether oxygens (including phenoxy) is 1. The summed E-state index contributed by atoms with van der Waals surface area (Å²) in [4.78, 5) is 16.8. The smallest absolute Gasteiger partial charge is 0.341 e. The fraction of sp³-hybridized carbons (Fsp3) is 0.200. The van der Waals surface area contributed by atoms with E-state index in [9.17, 15) is 4.79 Å². The lowest BCUT2D eigenvalue weighted by molar-refractivity contribution is 0.0527. The Morgan fingerprint density at radius 2 is 1.92 bits per heavy atom. The molecule has 0 spiro atoms. The number of fused-ring (bicyclic) bond motifs is 1. The predicted molar refractivity (Wildman–Crippen MR) is 108 cm³/mol. The second kappa shape index (κ2) is 8.88. The van der Waals surface area contributed by atoms with Crippen molar-refractivity contribution in [3.8, 4) is 0 Å². The molecule has 1 heterocycles. The van der Waals surface area contributed by atoms with E-state index in [1.54, 1.807) is 13.1 Å². The number of carbonyl (C=O) groups is 1. The maximum absolute atomic E-state index is 12.3. The van der Waals surface area contributed by atoms with E-state index in [-0.39, 0.29) is 18.4 Å². The van der Waals surface area contributed by atoms with Crippen molar-refractivity contribution in [3.05, 3.63) is 70.4 Å². The van der Waals surface area contributed by atoms with E-state index in [0.29, 0.717) is 29.4 Å². The molecular weight excluding hydrogens is 371 g/mol. The monoisotopic (exact) mass is 390 g/mol. The van der Waals surface area contributed by atoms with E-state index in [4.69, 9.17) is 16.3 Å². The van der Waals surface area contributed by atoms with Gasteiger partial charge in [-0.05, 0) is 37.1 Å². The van der Waals surface area contributed by atoms with E-state index >= 15 is 0 Å². The van der Waals surface area contributed by atoms with Crippen LogP contribution in [0, 0.1) is 6.92 Å². The van der Waals surface area contributed by atoms with E-state index in [1.165, 1.54) is 0 Å². The molecule has 4 nitrogen and oxygen atoms in total. The molecule has 0 aliphatic rings. The lowest BCUT2D eigenvalue weighted by Crippen LogP contribution is -2.11. The van der Waals surface area contributed by atoms with Gasteiger partial charge in [0.25, 0.3) is 0 Å². The third-order valence-electron chi connectivity index (χ3n) is 4.03. The van der Waals surface area contributed by atoms with Crippen LogP contribution in [0.4, 0.5) is 5.69 Å². The quantitative estimate of drug-likeness (QED) is 0.591. The number of anilines is 1. The van der Waals surface area contributed by atoms with Crippen molar-refractivity contribution in [2.45, 2.75) is 20.4 Å². The van der Waals surface area contributed by atoms with Crippen LogP contribution in [0.1, 0.15) is 28.4 Å². The highest BCUT2D eigenvalue weighted by atomic mass is 35.5. The van der Waals surface area contributed by atoms with Gasteiger partial charge in [-0.15, -0.1) is 12.4 Å². The molecule has 1 N–H and O–H groups in total. The van der Waals surface area contributed by atoms with E-state index < -0.39 is 0 Å². The molecule has 136 valence electrons. The van der Waals surface area contributed by atoms with Crippen LogP contribution in [-0.4, -0.2) is 17.6 Å². The van der Waals surface area contributed by atoms with Crippen LogP contribution in [-0.2, 0) is 11.3 Å². The van der Waals surface area contributed by atoms with Crippen molar-refractivity contribution in [2.24, 2.45) is 0 Å². The number of nitrogens with one attached hydrogen (secondary N) is 1. The van der Waals surface area contributed by atoms with Gasteiger partial charge in [-0.3, -0.25) is 4.98 Å². The number of halogens is 2. The van der Waals surface area contributed by atoms with Crippen LogP contribution in [0.15, 0.2) is 48.7 Å². The van der Waals surface area contributed by atoms with Crippen LogP contribution >= 0.6 is 24.0 Å². The summed E-state index contributed by atoms with van der Waals surface area (Å²) >= 11 is 6.21. The Labute approximate surface area is 163 Å². The van der Waals surface area contributed by atoms with Gasteiger partial charge in [0.2, 0.25) is 0 Å². The number of hydrogen-bond donors (Lipinski definition) is 1. The first-order chi connectivity index (χ1) is 12.1. The van der Waals surface area contributed by atoms with E-state index in [1.807, 2.05) is 49.4 Å². The average Bonchev–Trinajstić information content (AvgIpc) is 2.63. The molecular formula is C20H20Cl2N2O2. The molecule has 0 atom stereocenters. The maximum Gasteiger partial charge on any atom is 0.341 e. The number of benzene rings is 2. The SMILES string of the molecule is CCOC(=O)c1cnc2c(C)c(Cl)ccc2c1NCc1ccccc1.Cl. The minimum absolute atomic E-state index is 0. The number of aromatic nitrogens is 1. The van der Waals surface area contributed by atoms with Crippen molar-refractivity contribution in [2.75, 3.05) is 11.9 Å². The van der Waals surface area contributed by atoms with Crippen LogP contribution in [0.3, 0.4) is 0 Å². The molecule has 0 aliphatic carbocycles. The average molecular weight is 391 g/mol. The molecule has 0 aliphatic heterocycles. The number of nitrogens with zero attached hydrogens (tertiary/aromatic N) is 1. The topological polar surface area (TPSA) is 51.2 Å². The predicted octanol–water partition coefficient (Wildman–Crippen LogP) is 5.41. The van der Waals surface area contributed by atoms with Crippen molar-refractivity contribution < 1.29 is 9.53 Å². The van der Waals surface area contributed by atoms with Crippen molar-refractivity contribution in [1.29, 1.82) is 0 Å². The standard InChI is InChI=1S/C20H19ClN2O2.ClH/c1-3-25-20(24)16-12-23-18-13(2)17(21)10-9-15(18)19(16)22-11-14-7-5-4-6-8-14;/h4-10,12H,3,11H2,1-2H3,(H,22,23);1H. The van der Waals surface area contributed by atoms with Gasteiger partial charge in [-0.1, -0.05) is 41.9 Å². The van der Waals surface area contributed by atoms with Crippen LogP contribution < -0.4 is 5.32 Å². The first-order valence-corrected chi connectivity index (χ1v) is 8.52. The summed E-state index contributed by atoms with van der Waals surface area (Å²) < 4.78 is 5.18. The highest BCUT2D eigenvalue weighted by Crippen LogP contribution is 2.32. The summed E-state index contributed by atoms with van der Waals surface area (Å²) in [5.74, 6) is -0.389. The molecule has 0 saturated carbocycles. The van der Waals surface area contributed by atoms with Gasteiger partial charge in [-0.2, -0.15) is 0 Å². The highest BCUT2D eigenvalue weighted by Gasteiger charge is 2.18. The second-order valence-electron chi connectivity index (χ2n) is 5.68. The fourth-order valence-electron chi connectivity index (χ4n) is 2.72. The number of pyridine rings is 1. The lowest BCUT2D eigenvalue weighted by atomic mass is 10.1. The molecule has 0 radical (unpaired) electrons. The van der Waals surface area contributed by atoms with Crippen LogP contribution in [0.5, 0.6) is 0 Å². The number of hydrogen-bond acceptors (Lipinski definition) is 4. The van der Waals surface area contributed by atoms with E-state index in [2.05, 4.69) is 10.3 Å². The fourth-order valence-corrected chi connectivity index (χ4v) is 2.88. The molecule has 0 saturated heterocycles. The van der Waals surface area contributed by atoms with Gasteiger partial charge < -0.3 is 10.1 Å². The summed E-state index contributed by atoms with van der Waals surface area (Å²) in [6.45, 7) is 4.61. The molecule has 0 unspecified atom stereocenters. The molecule has 1 aromatic heterocycles. The molecule has 3 aromatic rings. The van der Waals surface area contributed by atoms with E-state index in [0.717, 1.165) is 22.0 Å². The molecule has 3 rings (SSSR count). The Morgan fingerprint density at radius 1 is 1.19 bits per heavy atom. The molecule has 0 amide bonds. The highest BCUT2D eigenvalue weighted by molar-refractivity contribution is 6.32. The zero-order valence-corrected chi connectivity index (χ0v) is 16.2. The largest absolute Gasteiger partial charge is 0.462 e. The minimum atomic E-state index is -0.389. The first kappa shape index (κ1) is 20.0. The second-order valence-corrected chi connectivity index (χ2v) is 6.08. The zero-order chi connectivity index (χ0) is 17.8. The third kappa shape index (κ3) is 4.09. The Bertz CT molecular complexity index is 915.